The van der Waals surface area contributed by atoms with Crippen molar-refractivity contribution in [1.29, 1.82) is 0 Å². The number of nitrogens with zero attached hydrogens (tertiary/aromatic N) is 3. The van der Waals surface area contributed by atoms with Crippen molar-refractivity contribution in [3.8, 4) is 33.9 Å². The van der Waals surface area contributed by atoms with Crippen LogP contribution in [0.15, 0.2) is 109 Å². The van der Waals surface area contributed by atoms with Crippen LogP contribution >= 0.6 is 22.9 Å². The van der Waals surface area contributed by atoms with E-state index in [2.05, 4.69) is 107 Å². The van der Waals surface area contributed by atoms with Gasteiger partial charge in [0, 0.05) is 31.3 Å². The zero-order valence-corrected chi connectivity index (χ0v) is 20.6. The van der Waals surface area contributed by atoms with Crippen molar-refractivity contribution in [3.05, 3.63) is 114 Å². The van der Waals surface area contributed by atoms with Crippen molar-refractivity contribution in [1.82, 2.24) is 15.0 Å². The van der Waals surface area contributed by atoms with E-state index in [9.17, 15) is 0 Å². The first-order valence-electron chi connectivity index (χ1n) is 11.6. The summed E-state index contributed by atoms with van der Waals surface area (Å²) in [5, 5.41) is 5.08. The molecule has 7 rings (SSSR count). The van der Waals surface area contributed by atoms with Crippen LogP contribution in [0.3, 0.4) is 0 Å². The monoisotopic (exact) mass is 499 g/mol. The zero-order valence-electron chi connectivity index (χ0n) is 19.0. The first kappa shape index (κ1) is 21.2. The summed E-state index contributed by atoms with van der Waals surface area (Å²) in [4.78, 5) is 13.7. The van der Waals surface area contributed by atoms with Crippen molar-refractivity contribution < 1.29 is 0 Å². The van der Waals surface area contributed by atoms with Gasteiger partial charge in [0.05, 0.1) is 0 Å². The molecular weight excluding hydrogens is 482 g/mol. The Morgan fingerprint density at radius 1 is 0.500 bits per heavy atom. The average Bonchev–Trinajstić information content (AvgIpc) is 3.30. The van der Waals surface area contributed by atoms with Crippen LogP contribution in [-0.2, 0) is 0 Å². The molecule has 0 amide bonds. The van der Waals surface area contributed by atoms with Gasteiger partial charge in [-0.2, -0.15) is 9.97 Å². The molecule has 0 radical (unpaired) electrons. The molecule has 0 saturated carbocycles. The van der Waals surface area contributed by atoms with Gasteiger partial charge in [0.25, 0.3) is 0 Å². The fourth-order valence-electron chi connectivity index (χ4n) is 4.75. The summed E-state index contributed by atoms with van der Waals surface area (Å²) in [6.45, 7) is 0. The maximum atomic E-state index is 6.37. The molecule has 0 spiro atoms. The van der Waals surface area contributed by atoms with Gasteiger partial charge in [-0.3, -0.25) is 0 Å². The Hall–Kier alpha value is -4.12. The average molecular weight is 500 g/mol. The van der Waals surface area contributed by atoms with Crippen molar-refractivity contribution in [2.75, 3.05) is 0 Å². The lowest BCUT2D eigenvalue weighted by Crippen LogP contribution is -1.97. The Balaban J connectivity index is 1.29. The molecule has 2 aromatic heterocycles. The lowest BCUT2D eigenvalue weighted by atomic mass is 9.97. The fourth-order valence-corrected chi connectivity index (χ4v) is 6.00. The maximum absolute atomic E-state index is 6.37. The van der Waals surface area contributed by atoms with Gasteiger partial charge in [-0.15, -0.1) is 11.3 Å². The summed E-state index contributed by atoms with van der Waals surface area (Å²) < 4.78 is 2.51. The van der Waals surface area contributed by atoms with Crippen LogP contribution in [-0.4, -0.2) is 15.0 Å². The second kappa shape index (κ2) is 8.52. The molecule has 3 nitrogen and oxygen atoms in total. The Morgan fingerprint density at radius 3 is 2.00 bits per heavy atom. The third-order valence-corrected chi connectivity index (χ3v) is 7.81. The van der Waals surface area contributed by atoms with E-state index < -0.39 is 0 Å². The first-order valence-corrected chi connectivity index (χ1v) is 12.8. The van der Waals surface area contributed by atoms with Crippen LogP contribution in [0.25, 0.3) is 64.8 Å². The minimum absolute atomic E-state index is 0.184. The highest BCUT2D eigenvalue weighted by atomic mass is 35.5. The summed E-state index contributed by atoms with van der Waals surface area (Å²) in [5.41, 5.74) is 4.16. The van der Waals surface area contributed by atoms with E-state index in [1.54, 1.807) is 11.3 Å². The topological polar surface area (TPSA) is 38.7 Å². The van der Waals surface area contributed by atoms with E-state index >= 15 is 0 Å². The molecule has 0 aliphatic carbocycles. The van der Waals surface area contributed by atoms with Crippen LogP contribution in [0.4, 0.5) is 0 Å². The maximum Gasteiger partial charge on any atom is 0.226 e. The van der Waals surface area contributed by atoms with Crippen LogP contribution in [0, 0.1) is 0 Å². The summed E-state index contributed by atoms with van der Waals surface area (Å²) in [5.74, 6) is 1.13. The van der Waals surface area contributed by atoms with Crippen molar-refractivity contribution in [2.45, 2.75) is 0 Å². The van der Waals surface area contributed by atoms with Crippen LogP contribution in [0.1, 0.15) is 0 Å². The predicted molar refractivity (Wildman–Crippen MR) is 152 cm³/mol. The van der Waals surface area contributed by atoms with Gasteiger partial charge in [-0.25, -0.2) is 4.98 Å². The first-order chi connectivity index (χ1) is 17.7. The molecule has 5 aromatic carbocycles. The van der Waals surface area contributed by atoms with E-state index in [-0.39, 0.29) is 5.28 Å². The second-order valence-corrected chi connectivity index (χ2v) is 10.1. The van der Waals surface area contributed by atoms with Crippen LogP contribution in [0.2, 0.25) is 5.28 Å². The van der Waals surface area contributed by atoms with Crippen molar-refractivity contribution in [2.24, 2.45) is 0 Å². The summed E-state index contributed by atoms with van der Waals surface area (Å²) >= 11 is 8.16. The quantitative estimate of drug-likeness (QED) is 0.243. The third-order valence-electron chi connectivity index (χ3n) is 6.49. The molecule has 0 fully saturated rings. The van der Waals surface area contributed by atoms with Gasteiger partial charge >= 0.3 is 0 Å². The summed E-state index contributed by atoms with van der Waals surface area (Å²) in [6.07, 6.45) is 0. The molecule has 0 aliphatic rings. The van der Waals surface area contributed by atoms with Gasteiger partial charge in [0.1, 0.15) is 0 Å². The summed E-state index contributed by atoms with van der Waals surface area (Å²) in [7, 11) is 0. The van der Waals surface area contributed by atoms with Gasteiger partial charge in [0.2, 0.25) is 5.28 Å². The Labute approximate surface area is 216 Å². The van der Waals surface area contributed by atoms with Crippen molar-refractivity contribution in [3.63, 3.8) is 0 Å². The molecule has 36 heavy (non-hydrogen) atoms. The normalized spacial score (nSPS) is 11.5. The largest absolute Gasteiger partial charge is 0.226 e. The number of fused-ring (bicyclic) bond motifs is 4. The molecule has 170 valence electrons. The molecule has 0 aliphatic heterocycles. The Morgan fingerprint density at radius 2 is 1.14 bits per heavy atom. The zero-order chi connectivity index (χ0) is 24.1. The van der Waals surface area contributed by atoms with E-state index in [1.165, 1.54) is 36.5 Å². The van der Waals surface area contributed by atoms with E-state index in [0.29, 0.717) is 11.6 Å². The predicted octanol–water partition coefficient (Wildman–Crippen LogP) is 9.05. The number of hydrogen-bond acceptors (Lipinski definition) is 4. The van der Waals surface area contributed by atoms with Gasteiger partial charge in [0.15, 0.2) is 11.6 Å². The number of benzene rings is 5. The Kier molecular flexibility index (Phi) is 5.01. The van der Waals surface area contributed by atoms with E-state index in [1.807, 2.05) is 12.1 Å². The van der Waals surface area contributed by atoms with E-state index in [4.69, 9.17) is 16.6 Å². The molecular formula is C31H18ClN3S. The number of halogens is 1. The molecule has 2 heterocycles. The summed E-state index contributed by atoms with van der Waals surface area (Å²) in [6, 6.07) is 37.9. The number of hydrogen-bond donors (Lipinski definition) is 0. The lowest BCUT2D eigenvalue weighted by Gasteiger charge is -2.09. The minimum Gasteiger partial charge on any atom is -0.208 e. The van der Waals surface area contributed by atoms with Crippen LogP contribution in [0.5, 0.6) is 0 Å². The lowest BCUT2D eigenvalue weighted by molar-refractivity contribution is 1.07. The molecule has 0 unspecified atom stereocenters. The SMILES string of the molecule is Clc1nc(-c2ccc(-c3cccc4ccccc34)cc2)nc(-c2ccc3sc4ccccc4c3c2)n1. The standard InChI is InChI=1S/C31H18ClN3S/c32-31-34-29(21-14-12-20(13-15-21)24-10-5-7-19-6-1-2-8-23(19)24)33-30(35-31)22-16-17-28-26(18-22)25-9-3-4-11-27(25)36-28/h1-18H. The number of rotatable bonds is 3. The molecule has 0 bridgehead atoms. The molecule has 0 saturated heterocycles. The fraction of sp³-hybridized carbons (Fsp3) is 0. The van der Waals surface area contributed by atoms with Gasteiger partial charge in [-0.05, 0) is 57.8 Å². The highest BCUT2D eigenvalue weighted by Crippen LogP contribution is 2.36. The number of aromatic nitrogens is 3. The Bertz CT molecular complexity index is 1900. The molecule has 0 atom stereocenters. The molecule has 0 N–H and O–H groups in total. The van der Waals surface area contributed by atoms with Gasteiger partial charge in [-0.1, -0.05) is 84.9 Å². The smallest absolute Gasteiger partial charge is 0.208 e. The van der Waals surface area contributed by atoms with Gasteiger partial charge < -0.3 is 0 Å². The molecule has 5 heteroatoms. The van der Waals surface area contributed by atoms with Crippen LogP contribution < -0.4 is 0 Å². The highest BCUT2D eigenvalue weighted by molar-refractivity contribution is 7.25. The third kappa shape index (κ3) is 3.63. The minimum atomic E-state index is 0.184. The second-order valence-electron chi connectivity index (χ2n) is 8.66. The highest BCUT2D eigenvalue weighted by Gasteiger charge is 2.13. The van der Waals surface area contributed by atoms with Crippen molar-refractivity contribution >= 4 is 53.9 Å². The number of thiophene rings is 1. The molecule has 7 aromatic rings. The van der Waals surface area contributed by atoms with E-state index in [0.717, 1.165) is 16.7 Å².